The molecule has 0 aliphatic carbocycles. The lowest BCUT2D eigenvalue weighted by Crippen LogP contribution is -2.20. The summed E-state index contributed by atoms with van der Waals surface area (Å²) < 4.78 is 13.4. The SMILES string of the molecule is CSc1ccc(-c2nc(C3(C)SCCCS3)[nH]c2-c2ccc(F)cc2)cc1. The molecule has 2 nitrogen and oxygen atoms in total. The Morgan fingerprint density at radius 1 is 1.00 bits per heavy atom. The summed E-state index contributed by atoms with van der Waals surface area (Å²) in [6, 6.07) is 15.1. The van der Waals surface area contributed by atoms with Crippen molar-refractivity contribution in [3.05, 3.63) is 60.2 Å². The van der Waals surface area contributed by atoms with E-state index in [1.165, 1.54) is 23.4 Å². The Morgan fingerprint density at radius 3 is 2.26 bits per heavy atom. The molecule has 1 fully saturated rings. The smallest absolute Gasteiger partial charge is 0.133 e. The number of H-pyrrole nitrogens is 1. The van der Waals surface area contributed by atoms with Crippen molar-refractivity contribution in [3.8, 4) is 22.5 Å². The van der Waals surface area contributed by atoms with Gasteiger partial charge in [0, 0.05) is 16.0 Å². The van der Waals surface area contributed by atoms with Gasteiger partial charge < -0.3 is 4.98 Å². The second kappa shape index (κ2) is 7.94. The van der Waals surface area contributed by atoms with E-state index < -0.39 is 0 Å². The van der Waals surface area contributed by atoms with Gasteiger partial charge in [-0.2, -0.15) is 0 Å². The molecule has 0 bridgehead atoms. The summed E-state index contributed by atoms with van der Waals surface area (Å²) in [6.45, 7) is 2.25. The summed E-state index contributed by atoms with van der Waals surface area (Å²) in [5.74, 6) is 3.05. The number of benzene rings is 2. The van der Waals surface area contributed by atoms with E-state index in [4.69, 9.17) is 4.98 Å². The highest BCUT2D eigenvalue weighted by molar-refractivity contribution is 8.18. The van der Waals surface area contributed by atoms with E-state index in [-0.39, 0.29) is 9.90 Å². The minimum Gasteiger partial charge on any atom is -0.340 e. The van der Waals surface area contributed by atoms with Gasteiger partial charge in [0.25, 0.3) is 0 Å². The zero-order chi connectivity index (χ0) is 18.9. The molecule has 0 radical (unpaired) electrons. The summed E-state index contributed by atoms with van der Waals surface area (Å²) in [6.07, 6.45) is 3.31. The summed E-state index contributed by atoms with van der Waals surface area (Å²) >= 11 is 5.62. The van der Waals surface area contributed by atoms with Crippen molar-refractivity contribution in [1.82, 2.24) is 9.97 Å². The van der Waals surface area contributed by atoms with Gasteiger partial charge in [0.2, 0.25) is 0 Å². The standard InChI is InChI=1S/C21H21FN2S3/c1-21(26-12-3-13-27-21)20-23-18(14-4-8-16(22)9-5-14)19(24-20)15-6-10-17(25-2)11-7-15/h4-11H,3,12-13H2,1-2H3,(H,23,24). The number of nitrogens with zero attached hydrogens (tertiary/aromatic N) is 1. The Bertz CT molecular complexity index is 914. The minimum atomic E-state index is -0.227. The number of aromatic amines is 1. The number of rotatable bonds is 4. The molecule has 2 aromatic carbocycles. The fraction of sp³-hybridized carbons (Fsp3) is 0.286. The number of nitrogens with one attached hydrogen (secondary N) is 1. The van der Waals surface area contributed by atoms with Gasteiger partial charge >= 0.3 is 0 Å². The zero-order valence-corrected chi connectivity index (χ0v) is 17.7. The number of imidazole rings is 1. The molecule has 140 valence electrons. The van der Waals surface area contributed by atoms with Gasteiger partial charge in [-0.05, 0) is 67.5 Å². The predicted molar refractivity (Wildman–Crippen MR) is 118 cm³/mol. The van der Waals surface area contributed by atoms with E-state index in [1.807, 2.05) is 35.7 Å². The first-order valence-corrected chi connectivity index (χ1v) is 12.1. The molecule has 0 saturated carbocycles. The van der Waals surface area contributed by atoms with Crippen molar-refractivity contribution in [2.45, 2.75) is 22.3 Å². The number of aromatic nitrogens is 2. The van der Waals surface area contributed by atoms with Crippen LogP contribution in [-0.2, 0) is 4.08 Å². The van der Waals surface area contributed by atoms with Crippen molar-refractivity contribution >= 4 is 35.3 Å². The van der Waals surface area contributed by atoms with E-state index in [2.05, 4.69) is 42.4 Å². The maximum atomic E-state index is 13.4. The van der Waals surface area contributed by atoms with Gasteiger partial charge in [0.1, 0.15) is 15.7 Å². The predicted octanol–water partition coefficient (Wildman–Crippen LogP) is 6.65. The summed E-state index contributed by atoms with van der Waals surface area (Å²) in [4.78, 5) is 9.83. The first-order chi connectivity index (χ1) is 13.1. The third-order valence-electron chi connectivity index (χ3n) is 4.67. The topological polar surface area (TPSA) is 28.7 Å². The van der Waals surface area contributed by atoms with Crippen LogP contribution in [0.1, 0.15) is 19.2 Å². The maximum absolute atomic E-state index is 13.4. The fourth-order valence-electron chi connectivity index (χ4n) is 3.14. The van der Waals surface area contributed by atoms with Crippen LogP contribution in [0.3, 0.4) is 0 Å². The lowest BCUT2D eigenvalue weighted by atomic mass is 10.1. The molecule has 0 atom stereocenters. The third-order valence-corrected chi connectivity index (χ3v) is 8.60. The van der Waals surface area contributed by atoms with Gasteiger partial charge in [-0.25, -0.2) is 9.37 Å². The van der Waals surface area contributed by atoms with Crippen molar-refractivity contribution in [1.29, 1.82) is 0 Å². The molecule has 0 unspecified atom stereocenters. The number of hydrogen-bond donors (Lipinski definition) is 1. The Balaban J connectivity index is 1.82. The Kier molecular flexibility index (Phi) is 5.58. The van der Waals surface area contributed by atoms with E-state index in [9.17, 15) is 4.39 Å². The second-order valence-corrected chi connectivity index (χ2v) is 10.7. The molecule has 6 heteroatoms. The van der Waals surface area contributed by atoms with Crippen molar-refractivity contribution in [2.75, 3.05) is 17.8 Å². The molecule has 0 spiro atoms. The Hall–Kier alpha value is -1.37. The molecule has 1 aliphatic heterocycles. The van der Waals surface area contributed by atoms with Crippen LogP contribution in [0.5, 0.6) is 0 Å². The van der Waals surface area contributed by atoms with Crippen LogP contribution in [-0.4, -0.2) is 27.7 Å². The molecular weight excluding hydrogens is 395 g/mol. The van der Waals surface area contributed by atoms with Gasteiger partial charge in [0.05, 0.1) is 11.4 Å². The average molecular weight is 417 g/mol. The number of hydrogen-bond acceptors (Lipinski definition) is 4. The summed E-state index contributed by atoms with van der Waals surface area (Å²) in [7, 11) is 0. The summed E-state index contributed by atoms with van der Waals surface area (Å²) in [5, 5.41) is 0. The number of thioether (sulfide) groups is 3. The maximum Gasteiger partial charge on any atom is 0.133 e. The lowest BCUT2D eigenvalue weighted by molar-refractivity contribution is 0.628. The average Bonchev–Trinajstić information content (AvgIpc) is 3.15. The largest absolute Gasteiger partial charge is 0.340 e. The van der Waals surface area contributed by atoms with Gasteiger partial charge in [-0.15, -0.1) is 35.3 Å². The van der Waals surface area contributed by atoms with Crippen molar-refractivity contribution < 1.29 is 4.39 Å². The van der Waals surface area contributed by atoms with E-state index in [0.29, 0.717) is 0 Å². The van der Waals surface area contributed by atoms with Gasteiger partial charge in [0.15, 0.2) is 0 Å². The van der Waals surface area contributed by atoms with E-state index in [0.717, 1.165) is 39.8 Å². The van der Waals surface area contributed by atoms with Crippen LogP contribution in [0.4, 0.5) is 4.39 Å². The Labute approximate surface area is 172 Å². The molecule has 27 heavy (non-hydrogen) atoms. The first-order valence-electron chi connectivity index (χ1n) is 8.88. The quantitative estimate of drug-likeness (QED) is 0.482. The van der Waals surface area contributed by atoms with Crippen LogP contribution in [0.15, 0.2) is 53.4 Å². The third kappa shape index (κ3) is 3.93. The van der Waals surface area contributed by atoms with Crippen LogP contribution in [0.2, 0.25) is 0 Å². The second-order valence-electron chi connectivity index (χ2n) is 6.54. The molecule has 1 aromatic heterocycles. The Morgan fingerprint density at radius 2 is 1.63 bits per heavy atom. The summed E-state index contributed by atoms with van der Waals surface area (Å²) in [5.41, 5.74) is 3.91. The molecule has 4 rings (SSSR count). The van der Waals surface area contributed by atoms with Crippen molar-refractivity contribution in [2.24, 2.45) is 0 Å². The van der Waals surface area contributed by atoms with Gasteiger partial charge in [-0.3, -0.25) is 0 Å². The molecule has 0 amide bonds. The van der Waals surface area contributed by atoms with Crippen LogP contribution < -0.4 is 0 Å². The highest BCUT2D eigenvalue weighted by atomic mass is 32.2. The van der Waals surface area contributed by atoms with Crippen LogP contribution in [0, 0.1) is 5.82 Å². The van der Waals surface area contributed by atoms with Crippen LogP contribution in [0.25, 0.3) is 22.5 Å². The molecule has 1 saturated heterocycles. The highest BCUT2D eigenvalue weighted by Gasteiger charge is 2.34. The normalized spacial score (nSPS) is 16.4. The lowest BCUT2D eigenvalue weighted by Gasteiger charge is -2.30. The molecule has 1 N–H and O–H groups in total. The van der Waals surface area contributed by atoms with Crippen molar-refractivity contribution in [3.63, 3.8) is 0 Å². The fourth-order valence-corrected chi connectivity index (χ4v) is 6.39. The molecular formula is C21H21FN2S3. The molecule has 3 aromatic rings. The monoisotopic (exact) mass is 416 g/mol. The van der Waals surface area contributed by atoms with Gasteiger partial charge in [-0.1, -0.05) is 12.1 Å². The molecule has 2 heterocycles. The molecule has 1 aliphatic rings. The first kappa shape index (κ1) is 19.0. The van der Waals surface area contributed by atoms with Crippen LogP contribution >= 0.6 is 35.3 Å². The number of halogens is 1. The zero-order valence-electron chi connectivity index (χ0n) is 15.3. The highest BCUT2D eigenvalue weighted by Crippen LogP contribution is 2.50. The van der Waals surface area contributed by atoms with E-state index in [1.54, 1.807) is 11.8 Å². The minimum absolute atomic E-state index is 0.0789. The van der Waals surface area contributed by atoms with E-state index >= 15 is 0 Å².